The molecule has 0 saturated heterocycles. The van der Waals surface area contributed by atoms with Crippen LogP contribution in [0, 0.1) is 5.92 Å². The smallest absolute Gasteiger partial charge is 0.111 e. The predicted octanol–water partition coefficient (Wildman–Crippen LogP) is 2.26. The van der Waals surface area contributed by atoms with Crippen LogP contribution in [0.2, 0.25) is 0 Å². The maximum atomic E-state index is 9.24. The SMILES string of the molecule is CC(C)c1cnc(C(CO)C(C)C)[nH]1. The van der Waals surface area contributed by atoms with Gasteiger partial charge in [0.2, 0.25) is 0 Å². The van der Waals surface area contributed by atoms with Crippen LogP contribution in [0.1, 0.15) is 51.0 Å². The minimum absolute atomic E-state index is 0.127. The molecule has 0 aromatic carbocycles. The van der Waals surface area contributed by atoms with Gasteiger partial charge in [0.15, 0.2) is 0 Å². The number of aliphatic hydroxyl groups is 1. The highest BCUT2D eigenvalue weighted by molar-refractivity contribution is 5.09. The van der Waals surface area contributed by atoms with Crippen LogP contribution in [0.15, 0.2) is 6.20 Å². The molecular formula is C11H20N2O. The van der Waals surface area contributed by atoms with E-state index in [9.17, 15) is 5.11 Å². The van der Waals surface area contributed by atoms with Crippen molar-refractivity contribution in [3.63, 3.8) is 0 Å². The van der Waals surface area contributed by atoms with Gasteiger partial charge >= 0.3 is 0 Å². The summed E-state index contributed by atoms with van der Waals surface area (Å²) < 4.78 is 0. The van der Waals surface area contributed by atoms with Gasteiger partial charge in [-0.25, -0.2) is 4.98 Å². The van der Waals surface area contributed by atoms with Gasteiger partial charge in [-0.05, 0) is 11.8 Å². The first kappa shape index (κ1) is 11.2. The molecule has 0 aliphatic carbocycles. The van der Waals surface area contributed by atoms with E-state index in [1.165, 1.54) is 0 Å². The number of aromatic nitrogens is 2. The fraction of sp³-hybridized carbons (Fsp3) is 0.727. The number of aliphatic hydroxyl groups excluding tert-OH is 1. The van der Waals surface area contributed by atoms with Crippen LogP contribution in [0.25, 0.3) is 0 Å². The highest BCUT2D eigenvalue weighted by Gasteiger charge is 2.18. The Morgan fingerprint density at radius 2 is 2.00 bits per heavy atom. The second-order valence-corrected chi connectivity index (χ2v) is 4.41. The summed E-state index contributed by atoms with van der Waals surface area (Å²) in [6.45, 7) is 8.60. The third-order valence-electron chi connectivity index (χ3n) is 2.59. The van der Waals surface area contributed by atoms with Crippen molar-refractivity contribution in [2.75, 3.05) is 6.61 Å². The molecule has 0 saturated carbocycles. The predicted molar refractivity (Wildman–Crippen MR) is 57.3 cm³/mol. The van der Waals surface area contributed by atoms with Gasteiger partial charge in [0.05, 0.1) is 6.61 Å². The van der Waals surface area contributed by atoms with Crippen molar-refractivity contribution in [2.24, 2.45) is 5.92 Å². The Morgan fingerprint density at radius 3 is 2.36 bits per heavy atom. The lowest BCUT2D eigenvalue weighted by Gasteiger charge is -2.15. The van der Waals surface area contributed by atoms with Crippen molar-refractivity contribution in [2.45, 2.75) is 39.5 Å². The molecule has 1 atom stereocenters. The van der Waals surface area contributed by atoms with Crippen LogP contribution in [0.3, 0.4) is 0 Å². The molecule has 14 heavy (non-hydrogen) atoms. The molecule has 2 N–H and O–H groups in total. The zero-order chi connectivity index (χ0) is 10.7. The van der Waals surface area contributed by atoms with Gasteiger partial charge in [-0.3, -0.25) is 0 Å². The lowest BCUT2D eigenvalue weighted by Crippen LogP contribution is -2.12. The first-order valence-corrected chi connectivity index (χ1v) is 5.22. The molecule has 0 aliphatic heterocycles. The largest absolute Gasteiger partial charge is 0.396 e. The highest BCUT2D eigenvalue weighted by Crippen LogP contribution is 2.22. The summed E-state index contributed by atoms with van der Waals surface area (Å²) in [6.07, 6.45) is 1.87. The summed E-state index contributed by atoms with van der Waals surface area (Å²) in [5.74, 6) is 1.91. The standard InChI is InChI=1S/C11H20N2O/c1-7(2)9(6-14)11-12-5-10(13-11)8(3)4/h5,7-9,14H,6H2,1-4H3,(H,12,13). The molecule has 0 fully saturated rings. The Balaban J connectivity index is 2.84. The molecule has 80 valence electrons. The minimum Gasteiger partial charge on any atom is -0.396 e. The Labute approximate surface area is 85.6 Å². The first-order valence-electron chi connectivity index (χ1n) is 5.22. The van der Waals surface area contributed by atoms with Crippen LogP contribution in [-0.4, -0.2) is 21.7 Å². The van der Waals surface area contributed by atoms with Crippen molar-refractivity contribution in [1.82, 2.24) is 9.97 Å². The number of H-pyrrole nitrogens is 1. The number of hydrogen-bond acceptors (Lipinski definition) is 2. The van der Waals surface area contributed by atoms with Crippen molar-refractivity contribution < 1.29 is 5.11 Å². The van der Waals surface area contributed by atoms with Crippen LogP contribution < -0.4 is 0 Å². The second kappa shape index (κ2) is 4.60. The topological polar surface area (TPSA) is 48.9 Å². The summed E-state index contributed by atoms with van der Waals surface area (Å²) in [5.41, 5.74) is 1.14. The number of hydrogen-bond donors (Lipinski definition) is 2. The average Bonchev–Trinajstić information content (AvgIpc) is 2.53. The quantitative estimate of drug-likeness (QED) is 0.776. The number of imidazole rings is 1. The van der Waals surface area contributed by atoms with Crippen molar-refractivity contribution in [3.05, 3.63) is 17.7 Å². The number of rotatable bonds is 4. The molecule has 0 amide bonds. The minimum atomic E-state index is 0.127. The van der Waals surface area contributed by atoms with E-state index >= 15 is 0 Å². The van der Waals surface area contributed by atoms with Crippen LogP contribution in [0.4, 0.5) is 0 Å². The Morgan fingerprint density at radius 1 is 1.36 bits per heavy atom. The lowest BCUT2D eigenvalue weighted by molar-refractivity contribution is 0.232. The monoisotopic (exact) mass is 196 g/mol. The number of nitrogens with zero attached hydrogens (tertiary/aromatic N) is 1. The van der Waals surface area contributed by atoms with Crippen molar-refractivity contribution >= 4 is 0 Å². The molecule has 0 bridgehead atoms. The number of aromatic amines is 1. The Bertz CT molecular complexity index is 279. The third-order valence-corrected chi connectivity index (χ3v) is 2.59. The Hall–Kier alpha value is -0.830. The summed E-state index contributed by atoms with van der Waals surface area (Å²) in [7, 11) is 0. The molecule has 1 aromatic heterocycles. The van der Waals surface area contributed by atoms with E-state index in [1.54, 1.807) is 0 Å². The molecule has 0 aliphatic rings. The maximum Gasteiger partial charge on any atom is 0.111 e. The molecule has 3 heteroatoms. The average molecular weight is 196 g/mol. The molecule has 1 unspecified atom stereocenters. The zero-order valence-electron chi connectivity index (χ0n) is 9.41. The fourth-order valence-corrected chi connectivity index (χ4v) is 1.45. The molecule has 0 radical (unpaired) electrons. The number of nitrogens with one attached hydrogen (secondary N) is 1. The van der Waals surface area contributed by atoms with Gasteiger partial charge in [-0.2, -0.15) is 0 Å². The zero-order valence-corrected chi connectivity index (χ0v) is 9.41. The Kier molecular flexibility index (Phi) is 3.69. The van der Waals surface area contributed by atoms with Gasteiger partial charge in [0.1, 0.15) is 5.82 Å². The van der Waals surface area contributed by atoms with Crippen LogP contribution >= 0.6 is 0 Å². The molecular weight excluding hydrogens is 176 g/mol. The molecule has 1 aromatic rings. The molecule has 3 nitrogen and oxygen atoms in total. The first-order chi connectivity index (χ1) is 6.56. The van der Waals surface area contributed by atoms with E-state index in [4.69, 9.17) is 0 Å². The molecule has 0 spiro atoms. The third kappa shape index (κ3) is 2.35. The summed E-state index contributed by atoms with van der Waals surface area (Å²) in [6, 6.07) is 0. The summed E-state index contributed by atoms with van der Waals surface area (Å²) >= 11 is 0. The maximum absolute atomic E-state index is 9.24. The van der Waals surface area contributed by atoms with Gasteiger partial charge in [0, 0.05) is 17.8 Å². The van der Waals surface area contributed by atoms with Crippen molar-refractivity contribution in [3.8, 4) is 0 Å². The van der Waals surface area contributed by atoms with Gasteiger partial charge in [-0.1, -0.05) is 27.7 Å². The van der Waals surface area contributed by atoms with Crippen LogP contribution in [-0.2, 0) is 0 Å². The van der Waals surface area contributed by atoms with Gasteiger partial charge in [0.25, 0.3) is 0 Å². The summed E-state index contributed by atoms with van der Waals surface area (Å²) in [5, 5.41) is 9.24. The van der Waals surface area contributed by atoms with E-state index in [0.29, 0.717) is 11.8 Å². The summed E-state index contributed by atoms with van der Waals surface area (Å²) in [4.78, 5) is 7.59. The normalized spacial score (nSPS) is 13.9. The van der Waals surface area contributed by atoms with Gasteiger partial charge < -0.3 is 10.1 Å². The van der Waals surface area contributed by atoms with E-state index in [1.807, 2.05) is 6.20 Å². The molecule has 1 rings (SSSR count). The van der Waals surface area contributed by atoms with Crippen LogP contribution in [0.5, 0.6) is 0 Å². The van der Waals surface area contributed by atoms with E-state index in [-0.39, 0.29) is 12.5 Å². The highest BCUT2D eigenvalue weighted by atomic mass is 16.3. The van der Waals surface area contributed by atoms with E-state index < -0.39 is 0 Å². The second-order valence-electron chi connectivity index (χ2n) is 4.41. The molecule has 1 heterocycles. The van der Waals surface area contributed by atoms with Gasteiger partial charge in [-0.15, -0.1) is 0 Å². The van der Waals surface area contributed by atoms with Crippen molar-refractivity contribution in [1.29, 1.82) is 0 Å². The van der Waals surface area contributed by atoms with E-state index in [0.717, 1.165) is 11.5 Å². The fourth-order valence-electron chi connectivity index (χ4n) is 1.45. The lowest BCUT2D eigenvalue weighted by atomic mass is 9.96. The van der Waals surface area contributed by atoms with E-state index in [2.05, 4.69) is 37.7 Å².